The van der Waals surface area contributed by atoms with Crippen molar-refractivity contribution < 1.29 is 14.9 Å². The summed E-state index contributed by atoms with van der Waals surface area (Å²) in [4.78, 5) is 18.1. The predicted molar refractivity (Wildman–Crippen MR) is 117 cm³/mol. The largest absolute Gasteiger partial charge is 0.452 e. The van der Waals surface area contributed by atoms with Crippen LogP contribution in [0.15, 0.2) is 64.9 Å². The number of nitrogens with zero attached hydrogens (tertiary/aromatic N) is 5. The van der Waals surface area contributed by atoms with E-state index in [-0.39, 0.29) is 5.82 Å². The zero-order chi connectivity index (χ0) is 21.6. The number of pyridine rings is 3. The summed E-state index contributed by atoms with van der Waals surface area (Å²) < 4.78 is 10.2. The van der Waals surface area contributed by atoms with Gasteiger partial charge in [0.25, 0.3) is 0 Å². The van der Waals surface area contributed by atoms with E-state index >= 15 is 0 Å². The molecule has 4 heterocycles. The van der Waals surface area contributed by atoms with Crippen LogP contribution in [0.3, 0.4) is 0 Å². The van der Waals surface area contributed by atoms with Crippen molar-refractivity contribution in [1.29, 1.82) is 0 Å². The number of hydrogen-bond acceptors (Lipinski definition) is 11. The van der Waals surface area contributed by atoms with Gasteiger partial charge in [0, 0.05) is 41.1 Å². The van der Waals surface area contributed by atoms with E-state index in [0.717, 1.165) is 27.1 Å². The summed E-state index contributed by atoms with van der Waals surface area (Å²) in [6.07, 6.45) is 4.00. The minimum absolute atomic E-state index is 0.142. The molecule has 11 heteroatoms. The summed E-state index contributed by atoms with van der Waals surface area (Å²) in [5.74, 6) is 1.63. The number of aliphatic hydroxyl groups is 2. The molecule has 0 amide bonds. The molecule has 0 aliphatic carbocycles. The number of anilines is 2. The van der Waals surface area contributed by atoms with Gasteiger partial charge in [-0.3, -0.25) is 4.98 Å². The van der Waals surface area contributed by atoms with Crippen molar-refractivity contribution in [2.45, 2.75) is 22.9 Å². The van der Waals surface area contributed by atoms with Crippen molar-refractivity contribution in [3.8, 4) is 11.5 Å². The highest BCUT2D eigenvalue weighted by Gasteiger charge is 2.16. The van der Waals surface area contributed by atoms with Crippen LogP contribution in [0.1, 0.15) is 17.6 Å². The molecule has 0 saturated heterocycles. The molecule has 4 aromatic rings. The first kappa shape index (κ1) is 21.1. The number of aryl methyl sites for hydroxylation is 1. The van der Waals surface area contributed by atoms with E-state index < -0.39 is 12.7 Å². The fraction of sp³-hybridized carbons (Fsp3) is 0.150. The van der Waals surface area contributed by atoms with Crippen LogP contribution in [0.5, 0.6) is 11.5 Å². The lowest BCUT2D eigenvalue weighted by Crippen LogP contribution is -2.04. The van der Waals surface area contributed by atoms with E-state index in [9.17, 15) is 5.11 Å². The summed E-state index contributed by atoms with van der Waals surface area (Å²) >= 11 is 2.51. The zero-order valence-corrected chi connectivity index (χ0v) is 18.0. The van der Waals surface area contributed by atoms with Crippen LogP contribution in [0.4, 0.5) is 10.9 Å². The number of aromatic nitrogens is 5. The van der Waals surface area contributed by atoms with Crippen LogP contribution >= 0.6 is 23.3 Å². The molecule has 0 radical (unpaired) electrons. The van der Waals surface area contributed by atoms with Gasteiger partial charge in [0.05, 0.1) is 12.3 Å². The lowest BCUT2D eigenvalue weighted by Gasteiger charge is -2.13. The highest BCUT2D eigenvalue weighted by Crippen LogP contribution is 2.36. The molecular formula is C20H18N6O3S2. The van der Waals surface area contributed by atoms with E-state index in [1.165, 1.54) is 11.8 Å². The summed E-state index contributed by atoms with van der Waals surface area (Å²) in [6, 6.07) is 11.2. The molecule has 4 rings (SSSR count). The minimum Gasteiger partial charge on any atom is -0.452 e. The second-order valence-corrected chi connectivity index (χ2v) is 8.10. The molecule has 3 N–H and O–H groups in total. The molecule has 0 bridgehead atoms. The van der Waals surface area contributed by atoms with E-state index in [1.807, 2.05) is 37.3 Å². The first-order valence-corrected chi connectivity index (χ1v) is 10.8. The Labute approximate surface area is 186 Å². The number of ether oxygens (including phenoxy) is 1. The Hall–Kier alpha value is -3.12. The lowest BCUT2D eigenvalue weighted by atomic mass is 10.3. The van der Waals surface area contributed by atoms with Crippen molar-refractivity contribution in [3.05, 3.63) is 66.5 Å². The maximum Gasteiger partial charge on any atom is 0.208 e. The molecule has 0 aromatic carbocycles. The highest BCUT2D eigenvalue weighted by molar-refractivity contribution is 7.99. The maximum atomic E-state index is 9.71. The third kappa shape index (κ3) is 5.33. The van der Waals surface area contributed by atoms with E-state index in [4.69, 9.17) is 9.84 Å². The van der Waals surface area contributed by atoms with Crippen molar-refractivity contribution in [1.82, 2.24) is 24.3 Å². The van der Waals surface area contributed by atoms with Crippen LogP contribution in [0, 0.1) is 6.92 Å². The van der Waals surface area contributed by atoms with Gasteiger partial charge in [-0.25, -0.2) is 15.0 Å². The lowest BCUT2D eigenvalue weighted by molar-refractivity contribution is 0.0897. The first-order valence-electron chi connectivity index (χ1n) is 9.20. The molecule has 0 fully saturated rings. The summed E-state index contributed by atoms with van der Waals surface area (Å²) in [7, 11) is 0. The number of aliphatic hydroxyl groups excluding tert-OH is 2. The number of nitrogens with one attached hydrogen (secondary N) is 1. The Kier molecular flexibility index (Phi) is 6.67. The van der Waals surface area contributed by atoms with Crippen LogP contribution < -0.4 is 10.1 Å². The molecule has 9 nitrogen and oxygen atoms in total. The molecule has 1 atom stereocenters. The molecule has 158 valence electrons. The van der Waals surface area contributed by atoms with Crippen LogP contribution in [-0.2, 0) is 0 Å². The normalized spacial score (nSPS) is 11.8. The Bertz CT molecular complexity index is 1160. The number of rotatable bonds is 8. The Morgan fingerprint density at radius 2 is 2.00 bits per heavy atom. The first-order chi connectivity index (χ1) is 15.1. The van der Waals surface area contributed by atoms with Gasteiger partial charge in [-0.2, -0.15) is 4.37 Å². The molecule has 4 aromatic heterocycles. The van der Waals surface area contributed by atoms with Gasteiger partial charge in [0.1, 0.15) is 16.9 Å². The second kappa shape index (κ2) is 9.79. The standard InChI is InChI=1S/C20H18N6O3S2/c1-12-15(5-4-8-21-12)29-16-9-13(30-17-6-2-3-7-22-17)10-23-19(16)25-20-24-18(26-31-20)14(28)11-27/h2-10,14,27-28H,11H2,1H3,(H,23,24,25,26)/t14-/m0/s1. The Morgan fingerprint density at radius 3 is 2.77 bits per heavy atom. The SMILES string of the molecule is Cc1ncccc1Oc1cc(Sc2ccccn2)cnc1Nc1nc([C@@H](O)CO)ns1. The van der Waals surface area contributed by atoms with Gasteiger partial charge in [-0.1, -0.05) is 17.8 Å². The highest BCUT2D eigenvalue weighted by atomic mass is 32.2. The van der Waals surface area contributed by atoms with E-state index in [1.54, 1.807) is 24.7 Å². The molecule has 0 unspecified atom stereocenters. The Balaban J connectivity index is 1.64. The van der Waals surface area contributed by atoms with Gasteiger partial charge < -0.3 is 20.3 Å². The third-order valence-electron chi connectivity index (χ3n) is 4.00. The predicted octanol–water partition coefficient (Wildman–Crippen LogP) is 3.74. The smallest absolute Gasteiger partial charge is 0.208 e. The van der Waals surface area contributed by atoms with E-state index in [2.05, 4.69) is 29.6 Å². The van der Waals surface area contributed by atoms with Gasteiger partial charge in [-0.05, 0) is 31.2 Å². The van der Waals surface area contributed by atoms with Gasteiger partial charge in [0.2, 0.25) is 5.13 Å². The molecule has 0 aliphatic heterocycles. The molecular weight excluding hydrogens is 436 g/mol. The number of hydrogen-bond donors (Lipinski definition) is 3. The summed E-state index contributed by atoms with van der Waals surface area (Å²) in [5.41, 5.74) is 0.737. The quantitative estimate of drug-likeness (QED) is 0.362. The zero-order valence-electron chi connectivity index (χ0n) is 16.3. The van der Waals surface area contributed by atoms with Crippen molar-refractivity contribution >= 4 is 34.2 Å². The fourth-order valence-electron chi connectivity index (χ4n) is 2.48. The third-order valence-corrected chi connectivity index (χ3v) is 5.56. The maximum absolute atomic E-state index is 9.71. The molecule has 0 saturated carbocycles. The molecule has 0 aliphatic rings. The minimum atomic E-state index is -1.13. The van der Waals surface area contributed by atoms with Gasteiger partial charge >= 0.3 is 0 Å². The van der Waals surface area contributed by atoms with Crippen molar-refractivity contribution in [2.24, 2.45) is 0 Å². The average Bonchev–Trinajstić information content (AvgIpc) is 3.26. The second-order valence-electron chi connectivity index (χ2n) is 6.26. The van der Waals surface area contributed by atoms with Gasteiger partial charge in [0.15, 0.2) is 17.4 Å². The van der Waals surface area contributed by atoms with Crippen molar-refractivity contribution in [2.75, 3.05) is 11.9 Å². The average molecular weight is 455 g/mol. The topological polar surface area (TPSA) is 126 Å². The van der Waals surface area contributed by atoms with Crippen LogP contribution in [-0.4, -0.2) is 41.1 Å². The van der Waals surface area contributed by atoms with Gasteiger partial charge in [-0.15, -0.1) is 0 Å². The molecule has 0 spiro atoms. The monoisotopic (exact) mass is 454 g/mol. The van der Waals surface area contributed by atoms with Crippen LogP contribution in [0.2, 0.25) is 0 Å². The van der Waals surface area contributed by atoms with E-state index in [0.29, 0.717) is 22.4 Å². The summed E-state index contributed by atoms with van der Waals surface area (Å²) in [5, 5.41) is 23.1. The fourth-order valence-corrected chi connectivity index (χ4v) is 3.87. The van der Waals surface area contributed by atoms with Crippen molar-refractivity contribution in [3.63, 3.8) is 0 Å². The van der Waals surface area contributed by atoms with Crippen LogP contribution in [0.25, 0.3) is 0 Å². The molecule has 31 heavy (non-hydrogen) atoms. The Morgan fingerprint density at radius 1 is 1.13 bits per heavy atom. The summed E-state index contributed by atoms with van der Waals surface area (Å²) in [6.45, 7) is 1.40.